The van der Waals surface area contributed by atoms with Gasteiger partial charge in [0, 0.05) is 23.6 Å². The standard InChI is InChI=1S/C34H24N6/c1-3-14-27(25(12-1)33-37-29-16-5-6-17-30(29)38-33)35-21-23-10-9-11-24(20-23)22-36-28-15-4-2-13-26(28)34-39-31-18-7-8-19-32(31)40-34/h1-22H,(H,37,38)(H,39,40). The summed E-state index contributed by atoms with van der Waals surface area (Å²) in [5.41, 5.74) is 9.44. The fourth-order valence-electron chi connectivity index (χ4n) is 4.74. The molecular weight excluding hydrogens is 492 g/mol. The van der Waals surface area contributed by atoms with E-state index in [-0.39, 0.29) is 0 Å². The van der Waals surface area contributed by atoms with Crippen LogP contribution in [-0.2, 0) is 0 Å². The summed E-state index contributed by atoms with van der Waals surface area (Å²) < 4.78 is 0. The van der Waals surface area contributed by atoms with Crippen LogP contribution in [0.3, 0.4) is 0 Å². The highest BCUT2D eigenvalue weighted by atomic mass is 14.9. The molecule has 2 N–H and O–H groups in total. The molecule has 0 atom stereocenters. The lowest BCUT2D eigenvalue weighted by atomic mass is 10.1. The van der Waals surface area contributed by atoms with Gasteiger partial charge in [0.2, 0.25) is 0 Å². The summed E-state index contributed by atoms with van der Waals surface area (Å²) in [7, 11) is 0. The number of rotatable bonds is 6. The molecule has 2 aromatic heterocycles. The summed E-state index contributed by atoms with van der Waals surface area (Å²) in [4.78, 5) is 26.0. The molecule has 0 amide bonds. The molecule has 40 heavy (non-hydrogen) atoms. The molecular formula is C34H24N6. The van der Waals surface area contributed by atoms with Crippen molar-refractivity contribution >= 4 is 45.9 Å². The van der Waals surface area contributed by atoms with Gasteiger partial charge in [-0.3, -0.25) is 9.98 Å². The first kappa shape index (κ1) is 23.5. The third-order valence-corrected chi connectivity index (χ3v) is 6.71. The van der Waals surface area contributed by atoms with E-state index in [1.165, 1.54) is 0 Å². The summed E-state index contributed by atoms with van der Waals surface area (Å²) >= 11 is 0. The van der Waals surface area contributed by atoms with Crippen molar-refractivity contribution in [3.63, 3.8) is 0 Å². The number of aromatic nitrogens is 4. The van der Waals surface area contributed by atoms with Crippen LogP contribution in [0.1, 0.15) is 11.1 Å². The van der Waals surface area contributed by atoms with Gasteiger partial charge in [0.1, 0.15) is 11.6 Å². The van der Waals surface area contributed by atoms with E-state index < -0.39 is 0 Å². The zero-order valence-electron chi connectivity index (χ0n) is 21.5. The number of para-hydroxylation sites is 6. The predicted octanol–water partition coefficient (Wildman–Crippen LogP) is 8.27. The number of nitrogens with zero attached hydrogens (tertiary/aromatic N) is 4. The van der Waals surface area contributed by atoms with Crippen LogP contribution in [0.25, 0.3) is 44.8 Å². The zero-order valence-corrected chi connectivity index (χ0v) is 21.5. The highest BCUT2D eigenvalue weighted by Gasteiger charge is 2.10. The summed E-state index contributed by atoms with van der Waals surface area (Å²) in [5, 5.41) is 0. The van der Waals surface area contributed by atoms with E-state index in [0.29, 0.717) is 0 Å². The maximum absolute atomic E-state index is 4.82. The second-order valence-corrected chi connectivity index (χ2v) is 9.43. The molecule has 0 fully saturated rings. The second-order valence-electron chi connectivity index (χ2n) is 9.43. The predicted molar refractivity (Wildman–Crippen MR) is 164 cm³/mol. The first-order valence-corrected chi connectivity index (χ1v) is 13.1. The number of hydrogen-bond acceptors (Lipinski definition) is 4. The quantitative estimate of drug-likeness (QED) is 0.218. The van der Waals surface area contributed by atoms with E-state index in [2.05, 4.69) is 16.0 Å². The van der Waals surface area contributed by atoms with E-state index in [9.17, 15) is 0 Å². The van der Waals surface area contributed by atoms with Gasteiger partial charge < -0.3 is 9.97 Å². The number of H-pyrrole nitrogens is 2. The molecule has 0 aliphatic heterocycles. The minimum Gasteiger partial charge on any atom is -0.338 e. The van der Waals surface area contributed by atoms with Gasteiger partial charge in [-0.15, -0.1) is 0 Å². The van der Waals surface area contributed by atoms with Gasteiger partial charge in [0.25, 0.3) is 0 Å². The highest BCUT2D eigenvalue weighted by Crippen LogP contribution is 2.31. The molecule has 0 radical (unpaired) electrons. The number of benzene rings is 5. The van der Waals surface area contributed by atoms with Gasteiger partial charge >= 0.3 is 0 Å². The smallest absolute Gasteiger partial charge is 0.140 e. The molecule has 190 valence electrons. The SMILES string of the molecule is C(=Nc1ccccc1-c1nc2ccccc2[nH]1)c1cccc(C=Nc2ccccc2-c2nc3ccccc3[nH]2)c1. The molecule has 7 rings (SSSR count). The summed E-state index contributed by atoms with van der Waals surface area (Å²) in [5.74, 6) is 1.61. The second kappa shape index (κ2) is 10.3. The van der Waals surface area contributed by atoms with Crippen LogP contribution < -0.4 is 0 Å². The summed E-state index contributed by atoms with van der Waals surface area (Å²) in [6.45, 7) is 0. The number of hydrogen-bond donors (Lipinski definition) is 2. The van der Waals surface area contributed by atoms with Crippen molar-refractivity contribution in [2.45, 2.75) is 0 Å². The summed E-state index contributed by atoms with van der Waals surface area (Å²) in [6, 6.07) is 40.2. The van der Waals surface area contributed by atoms with Crippen LogP contribution in [-0.4, -0.2) is 32.4 Å². The number of aromatic amines is 2. The van der Waals surface area contributed by atoms with E-state index in [1.807, 2.05) is 128 Å². The maximum Gasteiger partial charge on any atom is 0.140 e. The highest BCUT2D eigenvalue weighted by molar-refractivity contribution is 5.91. The van der Waals surface area contributed by atoms with Gasteiger partial charge in [-0.05, 0) is 65.7 Å². The van der Waals surface area contributed by atoms with Crippen molar-refractivity contribution in [1.82, 2.24) is 19.9 Å². The lowest BCUT2D eigenvalue weighted by molar-refractivity contribution is 1.33. The van der Waals surface area contributed by atoms with Crippen LogP contribution in [0.15, 0.2) is 131 Å². The van der Waals surface area contributed by atoms with E-state index in [1.54, 1.807) is 0 Å². The normalized spacial score (nSPS) is 11.8. The Bertz CT molecular complexity index is 1820. The van der Waals surface area contributed by atoms with E-state index >= 15 is 0 Å². The van der Waals surface area contributed by atoms with Gasteiger partial charge in [-0.1, -0.05) is 66.7 Å². The molecule has 6 heteroatoms. The third-order valence-electron chi connectivity index (χ3n) is 6.71. The third kappa shape index (κ3) is 4.70. The number of imidazole rings is 2. The van der Waals surface area contributed by atoms with Crippen molar-refractivity contribution in [1.29, 1.82) is 0 Å². The Labute approximate surface area is 230 Å². The molecule has 0 aliphatic rings. The van der Waals surface area contributed by atoms with Gasteiger partial charge in [-0.25, -0.2) is 9.97 Å². The number of aliphatic imine (C=N–C) groups is 2. The Morgan fingerprint density at radius 1 is 0.475 bits per heavy atom. The Morgan fingerprint density at radius 3 is 1.43 bits per heavy atom. The Morgan fingerprint density at radius 2 is 0.925 bits per heavy atom. The Balaban J connectivity index is 1.15. The maximum atomic E-state index is 4.82. The van der Waals surface area contributed by atoms with Crippen LogP contribution >= 0.6 is 0 Å². The molecule has 0 unspecified atom stereocenters. The zero-order chi connectivity index (χ0) is 26.7. The Kier molecular flexibility index (Phi) is 6.03. The molecule has 6 nitrogen and oxygen atoms in total. The van der Waals surface area contributed by atoms with Crippen molar-refractivity contribution in [2.75, 3.05) is 0 Å². The van der Waals surface area contributed by atoms with E-state index in [0.717, 1.165) is 67.3 Å². The molecule has 5 aromatic carbocycles. The topological polar surface area (TPSA) is 82.1 Å². The lowest BCUT2D eigenvalue weighted by Gasteiger charge is -2.03. The van der Waals surface area contributed by atoms with Crippen molar-refractivity contribution in [3.8, 4) is 22.8 Å². The molecule has 0 spiro atoms. The number of fused-ring (bicyclic) bond motifs is 2. The van der Waals surface area contributed by atoms with Crippen LogP contribution in [0.5, 0.6) is 0 Å². The van der Waals surface area contributed by atoms with Crippen LogP contribution in [0.2, 0.25) is 0 Å². The monoisotopic (exact) mass is 516 g/mol. The molecule has 2 heterocycles. The first-order chi connectivity index (χ1) is 19.8. The fraction of sp³-hybridized carbons (Fsp3) is 0. The minimum atomic E-state index is 0.804. The number of nitrogens with one attached hydrogen (secondary N) is 2. The van der Waals surface area contributed by atoms with Crippen molar-refractivity contribution in [3.05, 3.63) is 132 Å². The van der Waals surface area contributed by atoms with Gasteiger partial charge in [-0.2, -0.15) is 0 Å². The molecule has 7 aromatic rings. The first-order valence-electron chi connectivity index (χ1n) is 13.1. The fourth-order valence-corrected chi connectivity index (χ4v) is 4.74. The van der Waals surface area contributed by atoms with Crippen molar-refractivity contribution in [2.24, 2.45) is 9.98 Å². The van der Waals surface area contributed by atoms with Crippen molar-refractivity contribution < 1.29 is 0 Å². The average Bonchev–Trinajstić information content (AvgIpc) is 3.64. The molecule has 0 aliphatic carbocycles. The van der Waals surface area contributed by atoms with Gasteiger partial charge in [0.05, 0.1) is 33.4 Å². The van der Waals surface area contributed by atoms with E-state index in [4.69, 9.17) is 20.0 Å². The molecule has 0 saturated heterocycles. The Hall–Kier alpha value is -5.62. The summed E-state index contributed by atoms with van der Waals surface area (Å²) in [6.07, 6.45) is 3.75. The minimum absolute atomic E-state index is 0.804. The van der Waals surface area contributed by atoms with Crippen LogP contribution in [0.4, 0.5) is 11.4 Å². The lowest BCUT2D eigenvalue weighted by Crippen LogP contribution is -1.87. The molecule has 0 saturated carbocycles. The largest absolute Gasteiger partial charge is 0.338 e. The average molecular weight is 517 g/mol. The van der Waals surface area contributed by atoms with Crippen LogP contribution in [0, 0.1) is 0 Å². The molecule has 0 bridgehead atoms. The van der Waals surface area contributed by atoms with Gasteiger partial charge in [0.15, 0.2) is 0 Å².